The second-order valence-corrected chi connectivity index (χ2v) is 7.84. The monoisotopic (exact) mass is 364 g/mol. The van der Waals surface area contributed by atoms with Crippen LogP contribution in [0, 0.1) is 5.41 Å². The molecule has 1 aliphatic carbocycles. The first-order valence-electron chi connectivity index (χ1n) is 9.59. The number of aromatic amines is 1. The maximum absolute atomic E-state index is 13.6. The quantitative estimate of drug-likeness (QED) is 0.743. The summed E-state index contributed by atoms with van der Waals surface area (Å²) in [5.41, 5.74) is 1.67. The Labute approximate surface area is 157 Å². The Morgan fingerprint density at radius 1 is 1.33 bits per heavy atom. The Kier molecular flexibility index (Phi) is 3.79. The minimum atomic E-state index is -0.00384. The van der Waals surface area contributed by atoms with E-state index in [0.717, 1.165) is 49.1 Å². The normalized spacial score (nSPS) is 20.9. The third-order valence-corrected chi connectivity index (χ3v) is 6.29. The highest BCUT2D eigenvalue weighted by atomic mass is 16.2. The zero-order chi connectivity index (χ0) is 18.4. The summed E-state index contributed by atoms with van der Waals surface area (Å²) in [6, 6.07) is 8.07. The molecule has 7 heteroatoms. The highest BCUT2D eigenvalue weighted by molar-refractivity contribution is 6.04. The Balaban J connectivity index is 1.49. The van der Waals surface area contributed by atoms with Crippen molar-refractivity contribution in [1.82, 2.24) is 30.0 Å². The molecule has 1 saturated carbocycles. The van der Waals surface area contributed by atoms with Crippen LogP contribution in [-0.2, 0) is 13.6 Å². The van der Waals surface area contributed by atoms with E-state index in [1.165, 1.54) is 0 Å². The molecule has 7 nitrogen and oxygen atoms in total. The van der Waals surface area contributed by atoms with Crippen LogP contribution in [0.4, 0.5) is 0 Å². The second-order valence-electron chi connectivity index (χ2n) is 7.84. The van der Waals surface area contributed by atoms with E-state index in [0.29, 0.717) is 12.2 Å². The summed E-state index contributed by atoms with van der Waals surface area (Å²) in [5.74, 6) is 0.898. The van der Waals surface area contributed by atoms with Crippen LogP contribution >= 0.6 is 0 Å². The number of piperidine rings is 1. The number of amides is 1. The molecule has 2 aromatic heterocycles. The maximum Gasteiger partial charge on any atom is 0.275 e. The number of aromatic nitrogens is 4. The number of benzene rings is 1. The summed E-state index contributed by atoms with van der Waals surface area (Å²) in [6.45, 7) is 2.59. The van der Waals surface area contributed by atoms with Gasteiger partial charge in [-0.05, 0) is 43.8 Å². The number of hydrogen-bond donors (Lipinski definition) is 2. The van der Waals surface area contributed by atoms with E-state index < -0.39 is 0 Å². The highest BCUT2D eigenvalue weighted by Crippen LogP contribution is 2.56. The molecule has 1 aromatic carbocycles. The van der Waals surface area contributed by atoms with E-state index in [-0.39, 0.29) is 17.4 Å². The third-order valence-electron chi connectivity index (χ3n) is 6.29. The molecule has 1 aliphatic heterocycles. The Hall–Kier alpha value is -2.67. The number of carbonyl (C=O) groups excluding carboxylic acids is 1. The minimum Gasteiger partial charge on any atom is -0.337 e. The summed E-state index contributed by atoms with van der Waals surface area (Å²) in [5, 5.41) is 11.7. The summed E-state index contributed by atoms with van der Waals surface area (Å²) in [6.07, 6.45) is 7.05. The lowest BCUT2D eigenvalue weighted by atomic mass is 9.93. The van der Waals surface area contributed by atoms with Crippen LogP contribution < -0.4 is 5.32 Å². The first-order chi connectivity index (χ1) is 13.2. The maximum atomic E-state index is 13.6. The summed E-state index contributed by atoms with van der Waals surface area (Å²) in [7, 11) is 1.97. The average Bonchev–Trinajstić information content (AvgIpc) is 3.04. The van der Waals surface area contributed by atoms with E-state index in [1.807, 2.05) is 47.0 Å². The van der Waals surface area contributed by atoms with Crippen molar-refractivity contribution in [3.8, 4) is 0 Å². The fourth-order valence-electron chi connectivity index (χ4n) is 4.52. The first-order valence-corrected chi connectivity index (χ1v) is 9.59. The number of nitrogens with one attached hydrogen (secondary N) is 2. The highest BCUT2D eigenvalue weighted by Gasteiger charge is 2.58. The molecule has 0 unspecified atom stereocenters. The SMILES string of the molecule is Cn1ccnc1CN(C(=O)c1n[nH]c2ccccc12)[C@@H]1CC12CCNCC2. The van der Waals surface area contributed by atoms with Crippen molar-refractivity contribution < 1.29 is 4.79 Å². The van der Waals surface area contributed by atoms with E-state index in [2.05, 4.69) is 20.5 Å². The average molecular weight is 364 g/mol. The van der Waals surface area contributed by atoms with Crippen LogP contribution in [0.15, 0.2) is 36.7 Å². The number of H-pyrrole nitrogens is 1. The predicted molar refractivity (Wildman–Crippen MR) is 102 cm³/mol. The molecule has 3 heterocycles. The van der Waals surface area contributed by atoms with Crippen LogP contribution in [0.25, 0.3) is 10.9 Å². The van der Waals surface area contributed by atoms with Crippen LogP contribution in [0.3, 0.4) is 0 Å². The van der Waals surface area contributed by atoms with Crippen molar-refractivity contribution in [2.24, 2.45) is 12.5 Å². The molecule has 2 N–H and O–H groups in total. The number of rotatable bonds is 4. The topological polar surface area (TPSA) is 78.8 Å². The van der Waals surface area contributed by atoms with Crippen molar-refractivity contribution in [3.05, 3.63) is 48.2 Å². The molecule has 0 radical (unpaired) electrons. The molecule has 1 atom stereocenters. The van der Waals surface area contributed by atoms with Crippen LogP contribution in [0.2, 0.25) is 0 Å². The molecule has 1 saturated heterocycles. The van der Waals surface area contributed by atoms with Gasteiger partial charge >= 0.3 is 0 Å². The predicted octanol–water partition coefficient (Wildman–Crippen LogP) is 2.08. The van der Waals surface area contributed by atoms with Gasteiger partial charge in [0, 0.05) is 30.9 Å². The molecule has 0 bridgehead atoms. The van der Waals surface area contributed by atoms with E-state index in [4.69, 9.17) is 0 Å². The van der Waals surface area contributed by atoms with Gasteiger partial charge in [0.15, 0.2) is 5.69 Å². The van der Waals surface area contributed by atoms with E-state index >= 15 is 0 Å². The van der Waals surface area contributed by atoms with Crippen LogP contribution in [0.5, 0.6) is 0 Å². The number of hydrogen-bond acceptors (Lipinski definition) is 4. The number of para-hydroxylation sites is 1. The largest absolute Gasteiger partial charge is 0.337 e. The van der Waals surface area contributed by atoms with Crippen molar-refractivity contribution >= 4 is 16.8 Å². The van der Waals surface area contributed by atoms with Crippen molar-refractivity contribution in [1.29, 1.82) is 0 Å². The van der Waals surface area contributed by atoms with Crippen LogP contribution in [0.1, 0.15) is 35.6 Å². The summed E-state index contributed by atoms with van der Waals surface area (Å²) in [4.78, 5) is 20.0. The molecule has 1 amide bonds. The number of carbonyl (C=O) groups is 1. The number of fused-ring (bicyclic) bond motifs is 1. The molecule has 2 aliphatic rings. The Morgan fingerprint density at radius 3 is 2.93 bits per heavy atom. The Morgan fingerprint density at radius 2 is 2.15 bits per heavy atom. The van der Waals surface area contributed by atoms with Gasteiger partial charge < -0.3 is 14.8 Å². The number of imidazole rings is 1. The van der Waals surface area contributed by atoms with Gasteiger partial charge in [0.05, 0.1) is 12.1 Å². The van der Waals surface area contributed by atoms with Gasteiger partial charge in [-0.2, -0.15) is 5.10 Å². The van der Waals surface area contributed by atoms with Gasteiger partial charge in [-0.15, -0.1) is 0 Å². The summed E-state index contributed by atoms with van der Waals surface area (Å²) >= 11 is 0. The minimum absolute atomic E-state index is 0.00384. The van der Waals surface area contributed by atoms with Gasteiger partial charge in [-0.1, -0.05) is 18.2 Å². The zero-order valence-electron chi connectivity index (χ0n) is 15.5. The lowest BCUT2D eigenvalue weighted by Crippen LogP contribution is -2.39. The third kappa shape index (κ3) is 2.73. The van der Waals surface area contributed by atoms with E-state index in [9.17, 15) is 4.79 Å². The smallest absolute Gasteiger partial charge is 0.275 e. The molecule has 5 rings (SSSR count). The van der Waals surface area contributed by atoms with Gasteiger partial charge in [-0.25, -0.2) is 4.98 Å². The van der Waals surface area contributed by atoms with Crippen molar-refractivity contribution in [3.63, 3.8) is 0 Å². The van der Waals surface area contributed by atoms with Crippen LogP contribution in [-0.4, -0.2) is 49.7 Å². The van der Waals surface area contributed by atoms with Gasteiger partial charge in [0.25, 0.3) is 5.91 Å². The van der Waals surface area contributed by atoms with Gasteiger partial charge in [-0.3, -0.25) is 9.89 Å². The lowest BCUT2D eigenvalue weighted by molar-refractivity contribution is 0.0681. The molecule has 140 valence electrons. The number of aryl methyl sites for hydroxylation is 1. The van der Waals surface area contributed by atoms with Crippen molar-refractivity contribution in [2.75, 3.05) is 13.1 Å². The molecule has 2 fully saturated rings. The molecule has 27 heavy (non-hydrogen) atoms. The second kappa shape index (κ2) is 6.20. The number of nitrogens with zero attached hydrogens (tertiary/aromatic N) is 4. The Bertz CT molecular complexity index is 983. The first kappa shape index (κ1) is 16.5. The standard InChI is InChI=1S/C20H24N6O/c1-25-11-10-22-17(25)13-26(16-12-20(16)6-8-21-9-7-20)19(27)18-14-4-2-3-5-15(14)23-24-18/h2-5,10-11,16,21H,6-9,12-13H2,1H3,(H,23,24)/t16-/m1/s1. The molecule has 1 spiro atoms. The van der Waals surface area contributed by atoms with Crippen molar-refractivity contribution in [2.45, 2.75) is 31.8 Å². The zero-order valence-corrected chi connectivity index (χ0v) is 15.5. The van der Waals surface area contributed by atoms with Gasteiger partial charge in [0.1, 0.15) is 5.82 Å². The van der Waals surface area contributed by atoms with E-state index in [1.54, 1.807) is 6.20 Å². The lowest BCUT2D eigenvalue weighted by Gasteiger charge is -2.29. The fraction of sp³-hybridized carbons (Fsp3) is 0.450. The summed E-state index contributed by atoms with van der Waals surface area (Å²) < 4.78 is 1.99. The molecule has 3 aromatic rings. The fourth-order valence-corrected chi connectivity index (χ4v) is 4.52. The molecular weight excluding hydrogens is 340 g/mol. The molecular formula is C20H24N6O. The van der Waals surface area contributed by atoms with Gasteiger partial charge in [0.2, 0.25) is 0 Å².